The lowest BCUT2D eigenvalue weighted by Crippen LogP contribution is -2.27. The van der Waals surface area contributed by atoms with Crippen molar-refractivity contribution in [3.8, 4) is 5.75 Å². The number of Topliss-reactive ketones (excluding diaryl/α,β-unsaturated/α-hetero) is 1. The van der Waals surface area contributed by atoms with Crippen molar-refractivity contribution in [3.05, 3.63) is 70.3 Å². The smallest absolute Gasteiger partial charge is 0.338 e. The van der Waals surface area contributed by atoms with Gasteiger partial charge in [0.05, 0.1) is 5.57 Å². The fraction of sp³-hybridized carbons (Fsp3) is 0.238. The summed E-state index contributed by atoms with van der Waals surface area (Å²) in [5, 5.41) is 0. The number of ketones is 1. The van der Waals surface area contributed by atoms with Crippen LogP contribution >= 0.6 is 0 Å². The molecule has 2 aromatic carbocycles. The van der Waals surface area contributed by atoms with E-state index in [1.165, 1.54) is 0 Å². The molecule has 0 aliphatic carbocycles. The van der Waals surface area contributed by atoms with E-state index in [9.17, 15) is 9.59 Å². The van der Waals surface area contributed by atoms with Crippen molar-refractivity contribution in [3.63, 3.8) is 0 Å². The second-order valence-corrected chi connectivity index (χ2v) is 6.23. The zero-order chi connectivity index (χ0) is 18.0. The summed E-state index contributed by atoms with van der Waals surface area (Å²) in [6.07, 6.45) is 0.891. The molecule has 0 saturated heterocycles. The molecule has 4 nitrogen and oxygen atoms in total. The molecular weight excluding hydrogens is 316 g/mol. The van der Waals surface area contributed by atoms with Crippen molar-refractivity contribution in [2.45, 2.75) is 26.9 Å². The van der Waals surface area contributed by atoms with Crippen LogP contribution in [0.2, 0.25) is 0 Å². The fourth-order valence-electron chi connectivity index (χ4n) is 2.74. The summed E-state index contributed by atoms with van der Waals surface area (Å²) in [6.45, 7) is 5.53. The maximum Gasteiger partial charge on any atom is 0.338 e. The number of ether oxygens (including phenoxy) is 2. The molecule has 1 heterocycles. The Kier molecular flexibility index (Phi) is 4.70. The third kappa shape index (κ3) is 3.63. The van der Waals surface area contributed by atoms with Gasteiger partial charge in [0.2, 0.25) is 5.78 Å². The number of fused-ring (bicyclic) bond motifs is 1. The Balaban J connectivity index is 1.74. The average Bonchev–Trinajstić information content (AvgIpc) is 2.62. The number of esters is 1. The molecule has 0 amide bonds. The van der Waals surface area contributed by atoms with Gasteiger partial charge in [0.1, 0.15) is 12.4 Å². The van der Waals surface area contributed by atoms with E-state index in [2.05, 4.69) is 0 Å². The van der Waals surface area contributed by atoms with Crippen molar-refractivity contribution in [2.75, 3.05) is 6.61 Å². The van der Waals surface area contributed by atoms with Crippen molar-refractivity contribution >= 4 is 17.8 Å². The maximum atomic E-state index is 12.6. The molecule has 1 atom stereocenters. The second-order valence-electron chi connectivity index (χ2n) is 6.23. The molecule has 0 aromatic heterocycles. The largest absolute Gasteiger partial charge is 0.488 e. The van der Waals surface area contributed by atoms with Crippen LogP contribution in [-0.4, -0.2) is 24.5 Å². The van der Waals surface area contributed by atoms with Crippen LogP contribution in [0.1, 0.15) is 34.0 Å². The summed E-state index contributed by atoms with van der Waals surface area (Å²) in [7, 11) is 0. The van der Waals surface area contributed by atoms with E-state index in [0.29, 0.717) is 11.1 Å². The first-order chi connectivity index (χ1) is 12.0. The topological polar surface area (TPSA) is 52.6 Å². The zero-order valence-electron chi connectivity index (χ0n) is 14.5. The van der Waals surface area contributed by atoms with Gasteiger partial charge in [0.15, 0.2) is 6.10 Å². The lowest BCUT2D eigenvalue weighted by Gasteiger charge is -2.19. The molecule has 0 saturated carbocycles. The summed E-state index contributed by atoms with van der Waals surface area (Å²) in [4.78, 5) is 25.0. The van der Waals surface area contributed by atoms with Gasteiger partial charge < -0.3 is 9.47 Å². The molecule has 3 rings (SSSR count). The molecule has 25 heavy (non-hydrogen) atoms. The van der Waals surface area contributed by atoms with Crippen LogP contribution in [0.5, 0.6) is 5.75 Å². The van der Waals surface area contributed by atoms with Crippen LogP contribution in [-0.2, 0) is 9.53 Å². The summed E-state index contributed by atoms with van der Waals surface area (Å²) >= 11 is 0. The normalized spacial score (nSPS) is 14.0. The van der Waals surface area contributed by atoms with Gasteiger partial charge in [0.25, 0.3) is 0 Å². The van der Waals surface area contributed by atoms with Gasteiger partial charge in [-0.2, -0.15) is 0 Å². The van der Waals surface area contributed by atoms with Crippen LogP contribution < -0.4 is 4.74 Å². The fourth-order valence-corrected chi connectivity index (χ4v) is 2.74. The Morgan fingerprint density at radius 2 is 1.88 bits per heavy atom. The molecule has 0 N–H and O–H groups in total. The van der Waals surface area contributed by atoms with Crippen LogP contribution in [0.25, 0.3) is 6.08 Å². The first-order valence-corrected chi connectivity index (χ1v) is 8.20. The highest BCUT2D eigenvalue weighted by Gasteiger charge is 2.24. The number of carbonyl (C=O) groups excluding carboxylic acids is 2. The molecule has 4 heteroatoms. The molecule has 0 spiro atoms. The van der Waals surface area contributed by atoms with Gasteiger partial charge in [-0.1, -0.05) is 35.9 Å². The third-order valence-corrected chi connectivity index (χ3v) is 4.21. The summed E-state index contributed by atoms with van der Waals surface area (Å²) in [6, 6.07) is 13.1. The van der Waals surface area contributed by atoms with E-state index >= 15 is 0 Å². The lowest BCUT2D eigenvalue weighted by molar-refractivity contribution is -0.141. The lowest BCUT2D eigenvalue weighted by atomic mass is 9.99. The van der Waals surface area contributed by atoms with E-state index < -0.39 is 12.1 Å². The Morgan fingerprint density at radius 3 is 2.68 bits per heavy atom. The van der Waals surface area contributed by atoms with Gasteiger partial charge >= 0.3 is 5.97 Å². The molecule has 0 unspecified atom stereocenters. The summed E-state index contributed by atoms with van der Waals surface area (Å²) in [5.41, 5.74) is 3.67. The molecule has 0 bridgehead atoms. The minimum Gasteiger partial charge on any atom is -0.488 e. The molecule has 2 aromatic rings. The first kappa shape index (κ1) is 17.0. The quantitative estimate of drug-likeness (QED) is 0.628. The van der Waals surface area contributed by atoms with Crippen LogP contribution in [0.15, 0.2) is 48.0 Å². The predicted octanol–water partition coefficient (Wildman–Crippen LogP) is 3.89. The number of hydrogen-bond donors (Lipinski definition) is 0. The molecule has 0 fully saturated rings. The summed E-state index contributed by atoms with van der Waals surface area (Å²) in [5.74, 6) is 0.00602. The van der Waals surface area contributed by atoms with Crippen LogP contribution in [0, 0.1) is 13.8 Å². The highest BCUT2D eigenvalue weighted by Crippen LogP contribution is 2.26. The standard InChI is InChI=1S/C21H20O4/c1-13-8-9-14(2)18(10-13)20(22)15(3)25-21(23)17-11-16-6-4-5-7-19(16)24-12-17/h4-11,15H,12H2,1-3H3/t15-/m1/s1. The predicted molar refractivity (Wildman–Crippen MR) is 95.7 cm³/mol. The highest BCUT2D eigenvalue weighted by atomic mass is 16.5. The van der Waals surface area contributed by atoms with Gasteiger partial charge in [-0.3, -0.25) is 4.79 Å². The highest BCUT2D eigenvalue weighted by molar-refractivity contribution is 6.03. The average molecular weight is 336 g/mol. The molecule has 0 radical (unpaired) electrons. The number of carbonyl (C=O) groups is 2. The second kappa shape index (κ2) is 6.93. The SMILES string of the molecule is Cc1ccc(C)c(C(=O)[C@@H](C)OC(=O)C2=Cc3ccccc3OC2)c1. The molecule has 1 aliphatic heterocycles. The van der Waals surface area contributed by atoms with Gasteiger partial charge in [0, 0.05) is 11.1 Å². The summed E-state index contributed by atoms with van der Waals surface area (Å²) < 4.78 is 10.9. The third-order valence-electron chi connectivity index (χ3n) is 4.21. The Bertz CT molecular complexity index is 864. The van der Waals surface area contributed by atoms with E-state index in [1.54, 1.807) is 13.0 Å². The molecule has 128 valence electrons. The van der Waals surface area contributed by atoms with Crippen LogP contribution in [0.3, 0.4) is 0 Å². The monoisotopic (exact) mass is 336 g/mol. The minimum absolute atomic E-state index is 0.139. The van der Waals surface area contributed by atoms with Gasteiger partial charge in [-0.15, -0.1) is 0 Å². The van der Waals surface area contributed by atoms with E-state index in [0.717, 1.165) is 22.4 Å². The van der Waals surface area contributed by atoms with Crippen LogP contribution in [0.4, 0.5) is 0 Å². The van der Waals surface area contributed by atoms with Gasteiger partial charge in [-0.05, 0) is 44.5 Å². The Labute approximate surface area is 147 Å². The maximum absolute atomic E-state index is 12.6. The van der Waals surface area contributed by atoms with Crippen molar-refractivity contribution in [1.82, 2.24) is 0 Å². The Morgan fingerprint density at radius 1 is 1.12 bits per heavy atom. The van der Waals surface area contributed by atoms with Crippen molar-refractivity contribution in [2.24, 2.45) is 0 Å². The van der Waals surface area contributed by atoms with E-state index in [4.69, 9.17) is 9.47 Å². The van der Waals surface area contributed by atoms with E-state index in [1.807, 2.05) is 56.3 Å². The van der Waals surface area contributed by atoms with Crippen molar-refractivity contribution in [1.29, 1.82) is 0 Å². The van der Waals surface area contributed by atoms with Gasteiger partial charge in [-0.25, -0.2) is 4.79 Å². The zero-order valence-corrected chi connectivity index (χ0v) is 14.5. The number of para-hydroxylation sites is 1. The number of hydrogen-bond acceptors (Lipinski definition) is 4. The molecule has 1 aliphatic rings. The van der Waals surface area contributed by atoms with Crippen molar-refractivity contribution < 1.29 is 19.1 Å². The molecular formula is C21H20O4. The number of benzene rings is 2. The first-order valence-electron chi connectivity index (χ1n) is 8.20. The Hall–Kier alpha value is -2.88. The van der Waals surface area contributed by atoms with E-state index in [-0.39, 0.29) is 12.4 Å². The number of aryl methyl sites for hydroxylation is 2. The number of rotatable bonds is 4. The minimum atomic E-state index is -0.855.